The number of halogens is 1. The van der Waals surface area contributed by atoms with Crippen LogP contribution in [0.1, 0.15) is 19.4 Å². The quantitative estimate of drug-likeness (QED) is 0.808. The summed E-state index contributed by atoms with van der Waals surface area (Å²) in [5.74, 6) is 2.73. The van der Waals surface area contributed by atoms with Crippen LogP contribution in [0.3, 0.4) is 0 Å². The summed E-state index contributed by atoms with van der Waals surface area (Å²) in [6.45, 7) is 4.85. The molecule has 0 radical (unpaired) electrons. The third-order valence-corrected chi connectivity index (χ3v) is 3.91. The summed E-state index contributed by atoms with van der Waals surface area (Å²) >= 11 is 7.87. The first-order chi connectivity index (χ1) is 8.58. The van der Waals surface area contributed by atoms with Crippen LogP contribution in [0.4, 0.5) is 0 Å². The summed E-state index contributed by atoms with van der Waals surface area (Å²) < 4.78 is 5.07. The van der Waals surface area contributed by atoms with Gasteiger partial charge in [-0.3, -0.25) is 0 Å². The summed E-state index contributed by atoms with van der Waals surface area (Å²) in [5.41, 5.74) is 0.757. The maximum Gasteiger partial charge on any atom is 0.162 e. The van der Waals surface area contributed by atoms with Crippen molar-refractivity contribution < 1.29 is 9.84 Å². The lowest BCUT2D eigenvalue weighted by molar-refractivity contribution is 0.369. The molecule has 0 aliphatic heterocycles. The molecule has 1 aromatic carbocycles. The Morgan fingerprint density at radius 3 is 2.83 bits per heavy atom. The molecule has 18 heavy (non-hydrogen) atoms. The third-order valence-electron chi connectivity index (χ3n) is 2.55. The summed E-state index contributed by atoms with van der Waals surface area (Å²) in [6.07, 6.45) is 0. The Hall–Kier alpha value is -0.580. The Bertz CT molecular complexity index is 387. The van der Waals surface area contributed by atoms with Crippen LogP contribution in [0.15, 0.2) is 12.1 Å². The van der Waals surface area contributed by atoms with Crippen molar-refractivity contribution in [3.05, 3.63) is 22.7 Å². The van der Waals surface area contributed by atoms with E-state index in [2.05, 4.69) is 19.2 Å². The van der Waals surface area contributed by atoms with E-state index in [9.17, 15) is 5.11 Å². The predicted molar refractivity (Wildman–Crippen MR) is 79.0 cm³/mol. The molecule has 102 valence electrons. The number of rotatable bonds is 7. The molecular formula is C13H20ClNO2S. The summed E-state index contributed by atoms with van der Waals surface area (Å²) in [7, 11) is 1.52. The van der Waals surface area contributed by atoms with Gasteiger partial charge in [0, 0.05) is 35.0 Å². The second-order valence-electron chi connectivity index (χ2n) is 4.06. The van der Waals surface area contributed by atoms with Gasteiger partial charge in [0.05, 0.1) is 7.11 Å². The van der Waals surface area contributed by atoms with Gasteiger partial charge in [0.25, 0.3) is 0 Å². The Kier molecular flexibility index (Phi) is 6.68. The zero-order chi connectivity index (χ0) is 13.5. The fourth-order valence-corrected chi connectivity index (χ4v) is 2.49. The highest BCUT2D eigenvalue weighted by Gasteiger charge is 2.10. The number of phenols is 1. The van der Waals surface area contributed by atoms with Gasteiger partial charge in [0.2, 0.25) is 0 Å². The van der Waals surface area contributed by atoms with Crippen LogP contribution in [0, 0.1) is 0 Å². The minimum atomic E-state index is 0.157. The average Bonchev–Trinajstić information content (AvgIpc) is 2.36. The van der Waals surface area contributed by atoms with Gasteiger partial charge in [-0.15, -0.1) is 0 Å². The topological polar surface area (TPSA) is 41.5 Å². The molecule has 2 N–H and O–H groups in total. The van der Waals surface area contributed by atoms with Crippen molar-refractivity contribution >= 4 is 23.4 Å². The molecule has 0 fully saturated rings. The van der Waals surface area contributed by atoms with Gasteiger partial charge in [-0.25, -0.2) is 0 Å². The van der Waals surface area contributed by atoms with Crippen molar-refractivity contribution in [3.63, 3.8) is 0 Å². The van der Waals surface area contributed by atoms with E-state index in [1.54, 1.807) is 12.1 Å². The standard InChI is InChI=1S/C13H20ClNO2S/c1-4-18-8-9(2)15-7-10-5-11(14)6-12(17-3)13(10)16/h5-6,9,15-16H,4,7-8H2,1-3H3. The minimum Gasteiger partial charge on any atom is -0.504 e. The molecule has 0 spiro atoms. The van der Waals surface area contributed by atoms with Crippen molar-refractivity contribution in [2.24, 2.45) is 0 Å². The van der Waals surface area contributed by atoms with Crippen molar-refractivity contribution in [3.8, 4) is 11.5 Å². The zero-order valence-corrected chi connectivity index (χ0v) is 12.6. The maximum atomic E-state index is 9.97. The molecule has 1 atom stereocenters. The molecule has 0 aliphatic rings. The molecule has 0 aromatic heterocycles. The Balaban J connectivity index is 2.64. The second kappa shape index (κ2) is 7.77. The van der Waals surface area contributed by atoms with Gasteiger partial charge in [-0.2, -0.15) is 11.8 Å². The number of nitrogens with one attached hydrogen (secondary N) is 1. The van der Waals surface area contributed by atoms with E-state index < -0.39 is 0 Å². The van der Waals surface area contributed by atoms with Crippen LogP contribution >= 0.6 is 23.4 Å². The molecule has 3 nitrogen and oxygen atoms in total. The molecule has 0 bridgehead atoms. The van der Waals surface area contributed by atoms with Gasteiger partial charge < -0.3 is 15.2 Å². The third kappa shape index (κ3) is 4.59. The van der Waals surface area contributed by atoms with Crippen molar-refractivity contribution in [2.75, 3.05) is 18.6 Å². The highest BCUT2D eigenvalue weighted by atomic mass is 35.5. The van der Waals surface area contributed by atoms with Gasteiger partial charge in [-0.05, 0) is 18.7 Å². The fourth-order valence-electron chi connectivity index (χ4n) is 1.56. The lowest BCUT2D eigenvalue weighted by atomic mass is 10.1. The highest BCUT2D eigenvalue weighted by molar-refractivity contribution is 7.99. The van der Waals surface area contributed by atoms with Crippen LogP contribution in [-0.4, -0.2) is 29.8 Å². The van der Waals surface area contributed by atoms with E-state index in [0.717, 1.165) is 17.1 Å². The van der Waals surface area contributed by atoms with E-state index in [1.165, 1.54) is 7.11 Å². The van der Waals surface area contributed by atoms with Crippen LogP contribution in [0.25, 0.3) is 0 Å². The Labute approximate surface area is 118 Å². The predicted octanol–water partition coefficient (Wildman–Crippen LogP) is 3.29. The number of aromatic hydroxyl groups is 1. The number of methoxy groups -OCH3 is 1. The molecule has 5 heteroatoms. The van der Waals surface area contributed by atoms with Gasteiger partial charge >= 0.3 is 0 Å². The molecule has 0 heterocycles. The van der Waals surface area contributed by atoms with E-state index in [4.69, 9.17) is 16.3 Å². The monoisotopic (exact) mass is 289 g/mol. The molecule has 0 amide bonds. The summed E-state index contributed by atoms with van der Waals surface area (Å²) in [5, 5.41) is 13.9. The highest BCUT2D eigenvalue weighted by Crippen LogP contribution is 2.33. The average molecular weight is 290 g/mol. The molecule has 0 saturated carbocycles. The first kappa shape index (κ1) is 15.5. The number of benzene rings is 1. The van der Waals surface area contributed by atoms with Crippen LogP contribution in [-0.2, 0) is 6.54 Å². The zero-order valence-electron chi connectivity index (χ0n) is 11.0. The van der Waals surface area contributed by atoms with Crippen molar-refractivity contribution in [1.29, 1.82) is 0 Å². The van der Waals surface area contributed by atoms with Crippen molar-refractivity contribution in [1.82, 2.24) is 5.32 Å². The molecule has 0 aliphatic carbocycles. The smallest absolute Gasteiger partial charge is 0.162 e. The van der Waals surface area contributed by atoms with Gasteiger partial charge in [0.1, 0.15) is 0 Å². The Morgan fingerprint density at radius 2 is 2.22 bits per heavy atom. The molecule has 1 aromatic rings. The number of thioether (sulfide) groups is 1. The first-order valence-corrected chi connectivity index (χ1v) is 7.48. The molecule has 1 rings (SSSR count). The maximum absolute atomic E-state index is 9.97. The Morgan fingerprint density at radius 1 is 1.50 bits per heavy atom. The van der Waals surface area contributed by atoms with Crippen LogP contribution < -0.4 is 10.1 Å². The van der Waals surface area contributed by atoms with Gasteiger partial charge in [-0.1, -0.05) is 18.5 Å². The number of ether oxygens (including phenoxy) is 1. The molecular weight excluding hydrogens is 270 g/mol. The molecule has 1 unspecified atom stereocenters. The largest absolute Gasteiger partial charge is 0.504 e. The van der Waals surface area contributed by atoms with Gasteiger partial charge in [0.15, 0.2) is 11.5 Å². The van der Waals surface area contributed by atoms with E-state index >= 15 is 0 Å². The number of phenolic OH excluding ortho intramolecular Hbond substituents is 1. The van der Waals surface area contributed by atoms with Crippen LogP contribution in [0.2, 0.25) is 5.02 Å². The summed E-state index contributed by atoms with van der Waals surface area (Å²) in [6, 6.07) is 3.75. The lowest BCUT2D eigenvalue weighted by Crippen LogP contribution is -2.27. The minimum absolute atomic E-state index is 0.157. The van der Waals surface area contributed by atoms with E-state index in [-0.39, 0.29) is 5.75 Å². The number of hydrogen-bond donors (Lipinski definition) is 2. The van der Waals surface area contributed by atoms with E-state index in [1.807, 2.05) is 11.8 Å². The number of hydrogen-bond acceptors (Lipinski definition) is 4. The van der Waals surface area contributed by atoms with Crippen molar-refractivity contribution in [2.45, 2.75) is 26.4 Å². The first-order valence-electron chi connectivity index (χ1n) is 5.95. The lowest BCUT2D eigenvalue weighted by Gasteiger charge is -2.15. The van der Waals surface area contributed by atoms with Crippen LogP contribution in [0.5, 0.6) is 11.5 Å². The molecule has 0 saturated heterocycles. The fraction of sp³-hybridized carbons (Fsp3) is 0.538. The van der Waals surface area contributed by atoms with E-state index in [0.29, 0.717) is 23.4 Å². The normalized spacial score (nSPS) is 12.4. The second-order valence-corrected chi connectivity index (χ2v) is 5.81. The summed E-state index contributed by atoms with van der Waals surface area (Å²) in [4.78, 5) is 0. The SMILES string of the molecule is CCSCC(C)NCc1cc(Cl)cc(OC)c1O.